The van der Waals surface area contributed by atoms with Crippen molar-refractivity contribution in [3.8, 4) is 28.0 Å². The Morgan fingerprint density at radius 1 is 1.07 bits per heavy atom. The van der Waals surface area contributed by atoms with Crippen LogP contribution in [0.15, 0.2) is 48.8 Å². The molecule has 1 aliphatic rings. The molecule has 10 heteroatoms. The molecule has 1 aliphatic carbocycles. The van der Waals surface area contributed by atoms with Crippen LogP contribution < -0.4 is 4.74 Å². The van der Waals surface area contributed by atoms with E-state index in [9.17, 15) is 28.2 Å². The average molecular weight is 561 g/mol. The predicted octanol–water partition coefficient (Wildman–Crippen LogP) is 5.85. The van der Waals surface area contributed by atoms with Crippen LogP contribution in [0.2, 0.25) is 0 Å². The molecular weight excluding hydrogens is 525 g/mol. The van der Waals surface area contributed by atoms with Crippen LogP contribution in [0.1, 0.15) is 59.1 Å². The standard InChI is InChI=1S/C30H35F3N2O5/c1-18(26(36)40-27(2,3)4)16-35-17-19(15-34-35)22-13-20(39-12-11-28(5,6)37)14-24-25(22)21-9-7-8-10-23(21)29(24,38)30(31,32)33/h7-10,13-15,17-18,37-38H,11-12,16H2,1-6H3/t18?,29-/m1/s1. The molecule has 0 saturated heterocycles. The Labute approximate surface area is 231 Å². The van der Waals surface area contributed by atoms with Gasteiger partial charge in [0.15, 0.2) is 0 Å². The summed E-state index contributed by atoms with van der Waals surface area (Å²) in [7, 11) is 0. The van der Waals surface area contributed by atoms with Crippen LogP contribution >= 0.6 is 0 Å². The molecule has 3 aromatic rings. The highest BCUT2D eigenvalue weighted by Crippen LogP contribution is 2.58. The van der Waals surface area contributed by atoms with Crippen LogP contribution in [0.25, 0.3) is 22.3 Å². The Bertz CT molecular complexity index is 1400. The van der Waals surface area contributed by atoms with E-state index in [2.05, 4.69) is 5.10 Å². The lowest BCUT2D eigenvalue weighted by atomic mass is 9.89. The van der Waals surface area contributed by atoms with Crippen LogP contribution in [0.4, 0.5) is 13.2 Å². The van der Waals surface area contributed by atoms with Crippen molar-refractivity contribution in [3.05, 3.63) is 59.9 Å². The minimum absolute atomic E-state index is 0.0474. The van der Waals surface area contributed by atoms with Gasteiger partial charge < -0.3 is 19.7 Å². The fraction of sp³-hybridized carbons (Fsp3) is 0.467. The quantitative estimate of drug-likeness (QED) is 0.336. The molecule has 216 valence electrons. The first-order valence-corrected chi connectivity index (χ1v) is 13.1. The lowest BCUT2D eigenvalue weighted by molar-refractivity contribution is -0.246. The van der Waals surface area contributed by atoms with Crippen LogP contribution in [0.3, 0.4) is 0 Å². The molecule has 1 unspecified atom stereocenters. The van der Waals surface area contributed by atoms with E-state index in [4.69, 9.17) is 9.47 Å². The maximum atomic E-state index is 14.5. The molecule has 2 atom stereocenters. The van der Waals surface area contributed by atoms with Gasteiger partial charge in [0.2, 0.25) is 5.60 Å². The Kier molecular flexibility index (Phi) is 7.57. The highest BCUT2D eigenvalue weighted by molar-refractivity contribution is 5.93. The summed E-state index contributed by atoms with van der Waals surface area (Å²) >= 11 is 0. The summed E-state index contributed by atoms with van der Waals surface area (Å²) in [4.78, 5) is 12.5. The van der Waals surface area contributed by atoms with Crippen LogP contribution in [-0.4, -0.2) is 49.9 Å². The largest absolute Gasteiger partial charge is 0.493 e. The smallest absolute Gasteiger partial charge is 0.425 e. The molecule has 0 fully saturated rings. The minimum atomic E-state index is -5.01. The third-order valence-corrected chi connectivity index (χ3v) is 6.70. The van der Waals surface area contributed by atoms with Gasteiger partial charge in [-0.2, -0.15) is 18.3 Å². The second-order valence-electron chi connectivity index (χ2n) is 11.9. The zero-order chi connectivity index (χ0) is 29.7. The molecule has 1 heterocycles. The van der Waals surface area contributed by atoms with Gasteiger partial charge in [-0.05, 0) is 63.4 Å². The Morgan fingerprint density at radius 2 is 1.75 bits per heavy atom. The van der Waals surface area contributed by atoms with E-state index >= 15 is 0 Å². The highest BCUT2D eigenvalue weighted by Gasteiger charge is 2.61. The first-order valence-electron chi connectivity index (χ1n) is 13.1. The fourth-order valence-corrected chi connectivity index (χ4v) is 4.75. The van der Waals surface area contributed by atoms with Crippen molar-refractivity contribution in [2.75, 3.05) is 6.61 Å². The van der Waals surface area contributed by atoms with Gasteiger partial charge in [0.25, 0.3) is 0 Å². The van der Waals surface area contributed by atoms with Gasteiger partial charge in [0, 0.05) is 29.3 Å². The zero-order valence-corrected chi connectivity index (χ0v) is 23.5. The van der Waals surface area contributed by atoms with Gasteiger partial charge in [0.1, 0.15) is 11.4 Å². The number of esters is 1. The van der Waals surface area contributed by atoms with Crippen molar-refractivity contribution in [1.82, 2.24) is 9.78 Å². The summed E-state index contributed by atoms with van der Waals surface area (Å²) in [5.74, 6) is -0.801. The van der Waals surface area contributed by atoms with E-state index in [1.54, 1.807) is 65.9 Å². The summed E-state index contributed by atoms with van der Waals surface area (Å²) in [5.41, 5.74) is -4.17. The third kappa shape index (κ3) is 5.88. The number of aliphatic hydroxyl groups is 2. The molecule has 2 aromatic carbocycles. The third-order valence-electron chi connectivity index (χ3n) is 6.70. The van der Waals surface area contributed by atoms with Crippen LogP contribution in [0, 0.1) is 5.92 Å². The molecular formula is C30H35F3N2O5. The van der Waals surface area contributed by atoms with E-state index in [-0.39, 0.29) is 47.6 Å². The SMILES string of the molecule is CC(Cn1cc(-c2cc(OCCC(C)(C)O)cc3c2-c2ccccc2[C@]3(O)C(F)(F)F)cn1)C(=O)OC(C)(C)C. The van der Waals surface area contributed by atoms with Crippen LogP contribution in [0.5, 0.6) is 5.75 Å². The van der Waals surface area contributed by atoms with Gasteiger partial charge in [-0.25, -0.2) is 0 Å². The Morgan fingerprint density at radius 3 is 2.38 bits per heavy atom. The number of aromatic nitrogens is 2. The first kappa shape index (κ1) is 29.6. The van der Waals surface area contributed by atoms with E-state index in [0.717, 1.165) is 0 Å². The molecule has 40 heavy (non-hydrogen) atoms. The van der Waals surface area contributed by atoms with E-state index in [0.29, 0.717) is 11.1 Å². The minimum Gasteiger partial charge on any atom is -0.493 e. The van der Waals surface area contributed by atoms with Crippen molar-refractivity contribution >= 4 is 5.97 Å². The van der Waals surface area contributed by atoms with Crippen molar-refractivity contribution in [2.24, 2.45) is 5.92 Å². The van der Waals surface area contributed by atoms with Crippen molar-refractivity contribution in [3.63, 3.8) is 0 Å². The predicted molar refractivity (Wildman–Crippen MR) is 144 cm³/mol. The molecule has 0 aliphatic heterocycles. The molecule has 4 rings (SSSR count). The first-order chi connectivity index (χ1) is 18.4. The molecule has 0 spiro atoms. The fourth-order valence-electron chi connectivity index (χ4n) is 4.75. The summed E-state index contributed by atoms with van der Waals surface area (Å²) < 4.78 is 56.4. The van der Waals surface area contributed by atoms with E-state index < -0.39 is 34.9 Å². The Balaban J connectivity index is 1.79. The molecule has 7 nitrogen and oxygen atoms in total. The second-order valence-corrected chi connectivity index (χ2v) is 11.9. The molecule has 0 bridgehead atoms. The number of alkyl halides is 3. The average Bonchev–Trinajstić information content (AvgIpc) is 3.38. The number of halogens is 3. The number of carbonyl (C=O) groups is 1. The number of carbonyl (C=O) groups excluding carboxylic acids is 1. The molecule has 0 amide bonds. The van der Waals surface area contributed by atoms with Gasteiger partial charge in [-0.15, -0.1) is 0 Å². The maximum absolute atomic E-state index is 14.5. The van der Waals surface area contributed by atoms with Crippen molar-refractivity contribution in [2.45, 2.75) is 77.5 Å². The number of ether oxygens (including phenoxy) is 2. The number of nitrogens with zero attached hydrogens (tertiary/aromatic N) is 2. The number of hydrogen-bond acceptors (Lipinski definition) is 6. The topological polar surface area (TPSA) is 93.8 Å². The second kappa shape index (κ2) is 10.2. The molecule has 2 N–H and O–H groups in total. The monoisotopic (exact) mass is 560 g/mol. The van der Waals surface area contributed by atoms with E-state index in [1.165, 1.54) is 29.1 Å². The van der Waals surface area contributed by atoms with Gasteiger partial charge in [0.05, 0.1) is 30.9 Å². The Hall–Kier alpha value is -3.37. The number of benzene rings is 2. The molecule has 0 saturated carbocycles. The van der Waals surface area contributed by atoms with E-state index in [1.807, 2.05) is 0 Å². The van der Waals surface area contributed by atoms with Gasteiger partial charge >= 0.3 is 12.1 Å². The van der Waals surface area contributed by atoms with Crippen molar-refractivity contribution in [1.29, 1.82) is 0 Å². The molecule has 0 radical (unpaired) electrons. The number of fused-ring (bicyclic) bond motifs is 3. The summed E-state index contributed by atoms with van der Waals surface area (Å²) in [6, 6.07) is 8.72. The number of hydrogen-bond donors (Lipinski definition) is 2. The zero-order valence-electron chi connectivity index (χ0n) is 23.5. The summed E-state index contributed by atoms with van der Waals surface area (Å²) in [5, 5.41) is 25.7. The lowest BCUT2D eigenvalue weighted by Crippen LogP contribution is -2.41. The summed E-state index contributed by atoms with van der Waals surface area (Å²) in [6.07, 6.45) is -1.62. The number of rotatable bonds is 8. The van der Waals surface area contributed by atoms with Gasteiger partial charge in [-0.1, -0.05) is 31.2 Å². The highest BCUT2D eigenvalue weighted by atomic mass is 19.4. The van der Waals surface area contributed by atoms with Crippen molar-refractivity contribution < 1.29 is 37.7 Å². The normalized spacial score (nSPS) is 17.8. The summed E-state index contributed by atoms with van der Waals surface area (Å²) in [6.45, 7) is 10.5. The van der Waals surface area contributed by atoms with Crippen LogP contribution in [-0.2, 0) is 21.7 Å². The van der Waals surface area contributed by atoms with Gasteiger partial charge in [-0.3, -0.25) is 9.48 Å². The lowest BCUT2D eigenvalue weighted by Gasteiger charge is -2.29. The maximum Gasteiger partial charge on any atom is 0.425 e. The molecule has 1 aromatic heterocycles.